The maximum atomic E-state index is 12.3. The molecule has 0 aromatic heterocycles. The van der Waals surface area contributed by atoms with Crippen molar-refractivity contribution in [3.63, 3.8) is 0 Å². The zero-order chi connectivity index (χ0) is 20.5. The summed E-state index contributed by atoms with van der Waals surface area (Å²) >= 11 is 0. The number of aliphatic imine (C=N–C) groups is 1. The molecule has 1 unspecified atom stereocenters. The van der Waals surface area contributed by atoms with Gasteiger partial charge in [-0.25, -0.2) is 0 Å². The summed E-state index contributed by atoms with van der Waals surface area (Å²) in [5.41, 5.74) is 21.3. The molecular weight excluding hydrogens is 457 g/mol. The molecule has 0 aromatic rings. The van der Waals surface area contributed by atoms with Crippen LogP contribution in [0.4, 0.5) is 0 Å². The second-order valence-electron chi connectivity index (χ2n) is 6.67. The fourth-order valence-corrected chi connectivity index (χ4v) is 2.62. The highest BCUT2D eigenvalue weighted by atomic mass is 35.5. The molecule has 11 N–H and O–H groups in total. The molecular formula is C17H40Cl3N7O3. The van der Waals surface area contributed by atoms with E-state index in [1.165, 1.54) is 0 Å². The van der Waals surface area contributed by atoms with Gasteiger partial charge >= 0.3 is 0 Å². The molecule has 0 aliphatic rings. The third-order valence-corrected chi connectivity index (χ3v) is 4.09. The molecule has 0 aliphatic heterocycles. The number of hydrogen-bond donors (Lipinski definition) is 7. The SMILES string of the molecule is Cl.Cl.Cl.NCCCNCCCCC(CCCCCN=C(N)N)C(=O)N[C@](N)(O)C=O. The molecule has 30 heavy (non-hydrogen) atoms. The van der Waals surface area contributed by atoms with Crippen molar-refractivity contribution in [2.45, 2.75) is 57.2 Å². The third-order valence-electron chi connectivity index (χ3n) is 4.09. The topological polar surface area (TPSA) is 195 Å². The van der Waals surface area contributed by atoms with Crippen LogP contribution in [-0.4, -0.2) is 55.3 Å². The molecule has 0 fully saturated rings. The summed E-state index contributed by atoms with van der Waals surface area (Å²) in [6.07, 6.45) is 6.65. The Hall–Kier alpha value is -0.880. The van der Waals surface area contributed by atoms with Gasteiger partial charge in [-0.3, -0.25) is 20.3 Å². The van der Waals surface area contributed by atoms with Crippen molar-refractivity contribution in [3.05, 3.63) is 0 Å². The highest BCUT2D eigenvalue weighted by Crippen LogP contribution is 2.18. The lowest BCUT2D eigenvalue weighted by Gasteiger charge is -2.22. The Labute approximate surface area is 198 Å². The number of aliphatic hydroxyl groups is 1. The van der Waals surface area contributed by atoms with E-state index in [1.54, 1.807) is 0 Å². The Morgan fingerprint density at radius 2 is 1.57 bits per heavy atom. The van der Waals surface area contributed by atoms with Crippen molar-refractivity contribution in [2.24, 2.45) is 33.8 Å². The maximum absolute atomic E-state index is 12.3. The lowest BCUT2D eigenvalue weighted by molar-refractivity contribution is -0.140. The second kappa shape index (κ2) is 22.8. The summed E-state index contributed by atoms with van der Waals surface area (Å²) in [6.45, 7) is 2.97. The summed E-state index contributed by atoms with van der Waals surface area (Å²) in [5, 5.41) is 15.0. The van der Waals surface area contributed by atoms with Gasteiger partial charge in [0.05, 0.1) is 0 Å². The molecule has 0 radical (unpaired) electrons. The van der Waals surface area contributed by atoms with Gasteiger partial charge in [0.15, 0.2) is 12.2 Å². The molecule has 0 rings (SSSR count). The largest absolute Gasteiger partial charge is 0.370 e. The zero-order valence-corrected chi connectivity index (χ0v) is 19.8. The number of nitrogens with two attached hydrogens (primary N) is 4. The standard InChI is InChI=1S/C17H37N7O3.3ClH/c18-9-6-11-22-10-5-3-8-14(15(26)24-17(21,27)13-25)7-2-1-4-12-23-16(19)20;;;/h13-14,22,27H,1-12,18,21H2,(H,24,26)(H4,19,20,23);3*1H/t14?,17-;;;/m0.../s1. The van der Waals surface area contributed by atoms with Crippen molar-refractivity contribution < 1.29 is 14.7 Å². The molecule has 13 heteroatoms. The van der Waals surface area contributed by atoms with Crippen LogP contribution in [0.15, 0.2) is 4.99 Å². The Kier molecular flexibility index (Phi) is 27.7. The van der Waals surface area contributed by atoms with E-state index in [0.717, 1.165) is 51.6 Å². The van der Waals surface area contributed by atoms with Gasteiger partial charge in [-0.2, -0.15) is 0 Å². The number of amides is 1. The fourth-order valence-electron chi connectivity index (χ4n) is 2.62. The molecule has 10 nitrogen and oxygen atoms in total. The van der Waals surface area contributed by atoms with Crippen LogP contribution in [-0.2, 0) is 9.59 Å². The number of carbonyl (C=O) groups excluding carboxylic acids is 2. The van der Waals surface area contributed by atoms with Crippen molar-refractivity contribution in [3.8, 4) is 0 Å². The van der Waals surface area contributed by atoms with Gasteiger partial charge in [0.1, 0.15) is 0 Å². The Morgan fingerprint density at radius 1 is 1.00 bits per heavy atom. The quantitative estimate of drug-likeness (QED) is 0.0469. The van der Waals surface area contributed by atoms with Gasteiger partial charge in [-0.05, 0) is 51.7 Å². The second-order valence-corrected chi connectivity index (χ2v) is 6.67. The van der Waals surface area contributed by atoms with Crippen LogP contribution >= 0.6 is 37.2 Å². The zero-order valence-electron chi connectivity index (χ0n) is 17.4. The van der Waals surface area contributed by atoms with E-state index in [-0.39, 0.29) is 55.4 Å². The minimum absolute atomic E-state index is 0. The maximum Gasteiger partial charge on any atom is 0.251 e. The molecule has 0 heterocycles. The van der Waals surface area contributed by atoms with Crippen LogP contribution < -0.4 is 33.6 Å². The Bertz CT molecular complexity index is 454. The number of hydrogen-bond acceptors (Lipinski definition) is 7. The molecule has 1 amide bonds. The molecule has 0 spiro atoms. The minimum Gasteiger partial charge on any atom is -0.370 e. The van der Waals surface area contributed by atoms with Crippen molar-refractivity contribution in [1.29, 1.82) is 0 Å². The monoisotopic (exact) mass is 495 g/mol. The van der Waals surface area contributed by atoms with Crippen LogP contribution in [0.2, 0.25) is 0 Å². The van der Waals surface area contributed by atoms with Gasteiger partial charge in [0.2, 0.25) is 5.91 Å². The summed E-state index contributed by atoms with van der Waals surface area (Å²) in [6, 6.07) is 0. The number of nitrogens with one attached hydrogen (secondary N) is 2. The predicted octanol–water partition coefficient (Wildman–Crippen LogP) is -0.270. The van der Waals surface area contributed by atoms with Crippen molar-refractivity contribution in [2.75, 3.05) is 26.2 Å². The van der Waals surface area contributed by atoms with Crippen molar-refractivity contribution >= 4 is 55.4 Å². The van der Waals surface area contributed by atoms with Gasteiger partial charge < -0.3 is 32.9 Å². The normalized spacial score (nSPS) is 12.8. The summed E-state index contributed by atoms with van der Waals surface area (Å²) < 4.78 is 0. The number of carbonyl (C=O) groups is 2. The van der Waals surface area contributed by atoms with Gasteiger partial charge in [0.25, 0.3) is 5.85 Å². The van der Waals surface area contributed by atoms with Gasteiger partial charge in [-0.15, -0.1) is 37.2 Å². The van der Waals surface area contributed by atoms with Gasteiger partial charge in [-0.1, -0.05) is 19.3 Å². The van der Waals surface area contributed by atoms with Crippen LogP contribution in [0, 0.1) is 5.92 Å². The van der Waals surface area contributed by atoms with E-state index in [0.29, 0.717) is 25.9 Å². The summed E-state index contributed by atoms with van der Waals surface area (Å²) in [4.78, 5) is 27.0. The van der Waals surface area contributed by atoms with Crippen LogP contribution in [0.1, 0.15) is 51.4 Å². The Balaban J connectivity index is -0.00000113. The highest BCUT2D eigenvalue weighted by molar-refractivity contribution is 5.86. The number of unbranched alkanes of at least 4 members (excludes halogenated alkanes) is 3. The molecule has 0 aliphatic carbocycles. The minimum atomic E-state index is -2.33. The summed E-state index contributed by atoms with van der Waals surface area (Å²) in [7, 11) is 0. The molecule has 182 valence electrons. The summed E-state index contributed by atoms with van der Waals surface area (Å²) in [5.74, 6) is -2.98. The average Bonchev–Trinajstić information content (AvgIpc) is 2.61. The van der Waals surface area contributed by atoms with Crippen LogP contribution in [0.25, 0.3) is 0 Å². The predicted molar refractivity (Wildman–Crippen MR) is 128 cm³/mol. The lowest BCUT2D eigenvalue weighted by Crippen LogP contribution is -2.58. The van der Waals surface area contributed by atoms with Gasteiger partial charge in [0, 0.05) is 12.5 Å². The van der Waals surface area contributed by atoms with Crippen LogP contribution in [0.5, 0.6) is 0 Å². The first-order chi connectivity index (χ1) is 12.8. The van der Waals surface area contributed by atoms with E-state index in [9.17, 15) is 14.7 Å². The molecule has 0 bridgehead atoms. The Morgan fingerprint density at radius 3 is 2.10 bits per heavy atom. The first-order valence-corrected chi connectivity index (χ1v) is 9.58. The number of rotatable bonds is 17. The lowest BCUT2D eigenvalue weighted by atomic mass is 9.94. The van der Waals surface area contributed by atoms with E-state index in [1.807, 2.05) is 0 Å². The van der Waals surface area contributed by atoms with E-state index < -0.39 is 11.8 Å². The molecule has 0 saturated carbocycles. The molecule has 2 atom stereocenters. The highest BCUT2D eigenvalue weighted by Gasteiger charge is 2.27. The molecule has 0 saturated heterocycles. The van der Waals surface area contributed by atoms with E-state index in [4.69, 9.17) is 22.9 Å². The first-order valence-electron chi connectivity index (χ1n) is 9.58. The fraction of sp³-hybridized carbons (Fsp3) is 0.824. The van der Waals surface area contributed by atoms with Crippen LogP contribution in [0.3, 0.4) is 0 Å². The molecule has 0 aromatic carbocycles. The number of nitrogens with zero attached hydrogens (tertiary/aromatic N) is 1. The first kappa shape index (κ1) is 36.5. The third kappa shape index (κ3) is 21.8. The number of halogens is 3. The van der Waals surface area contributed by atoms with E-state index >= 15 is 0 Å². The van der Waals surface area contributed by atoms with E-state index in [2.05, 4.69) is 15.6 Å². The smallest absolute Gasteiger partial charge is 0.251 e. The average molecular weight is 497 g/mol. The van der Waals surface area contributed by atoms with Crippen molar-refractivity contribution in [1.82, 2.24) is 10.6 Å². The number of guanidine groups is 1. The number of aldehydes is 1.